The quantitative estimate of drug-likeness (QED) is 0.783. The van der Waals surface area contributed by atoms with Gasteiger partial charge < -0.3 is 10.2 Å². The molecule has 1 saturated heterocycles. The van der Waals surface area contributed by atoms with Gasteiger partial charge in [0.1, 0.15) is 0 Å². The van der Waals surface area contributed by atoms with Crippen molar-refractivity contribution in [1.82, 2.24) is 0 Å². The van der Waals surface area contributed by atoms with Crippen LogP contribution in [0.25, 0.3) is 0 Å². The maximum atomic E-state index is 12.3. The molecule has 1 amide bonds. The van der Waals surface area contributed by atoms with Crippen molar-refractivity contribution in [3.8, 4) is 12.3 Å². The predicted molar refractivity (Wildman–Crippen MR) is 91.4 cm³/mol. The number of benzene rings is 1. The molecule has 1 aromatic rings. The van der Waals surface area contributed by atoms with Crippen molar-refractivity contribution in [3.63, 3.8) is 0 Å². The third kappa shape index (κ3) is 3.89. The van der Waals surface area contributed by atoms with E-state index in [-0.39, 0.29) is 5.91 Å². The average Bonchev–Trinajstić information content (AvgIpc) is 3.13. The molecule has 5 heteroatoms. The Kier molecular flexibility index (Phi) is 4.61. The van der Waals surface area contributed by atoms with Gasteiger partial charge in [-0.25, -0.2) is 0 Å². The number of anilines is 2. The number of carbonyl (C=O) groups excluding carboxylic acids is 1. The van der Waals surface area contributed by atoms with Crippen LogP contribution in [-0.2, 0) is 4.79 Å². The standard InChI is InChI=1S/C18H22N4O/c1-2-3-11-18(20-21-18)12-10-17(23)19-15-8-4-5-9-16(15)22-13-6-7-14-22/h1,4-5,8-9H,3,6-7,10-14H2,(H,19,23). The number of hydrogen-bond acceptors (Lipinski definition) is 4. The Balaban J connectivity index is 1.55. The molecule has 0 unspecified atom stereocenters. The zero-order valence-corrected chi connectivity index (χ0v) is 13.3. The topological polar surface area (TPSA) is 57.1 Å². The van der Waals surface area contributed by atoms with Crippen LogP contribution in [0.2, 0.25) is 0 Å². The van der Waals surface area contributed by atoms with Gasteiger partial charge in [0.25, 0.3) is 0 Å². The fourth-order valence-electron chi connectivity index (χ4n) is 3.01. The molecule has 3 rings (SSSR count). The van der Waals surface area contributed by atoms with Gasteiger partial charge in [0.2, 0.25) is 5.91 Å². The van der Waals surface area contributed by atoms with Crippen molar-refractivity contribution in [1.29, 1.82) is 0 Å². The van der Waals surface area contributed by atoms with Crippen LogP contribution in [0.15, 0.2) is 34.5 Å². The van der Waals surface area contributed by atoms with Crippen LogP contribution in [0.3, 0.4) is 0 Å². The summed E-state index contributed by atoms with van der Waals surface area (Å²) in [5.41, 5.74) is 1.61. The van der Waals surface area contributed by atoms with Crippen LogP contribution in [0, 0.1) is 12.3 Å². The number of rotatable bonds is 7. The largest absolute Gasteiger partial charge is 0.370 e. The van der Waals surface area contributed by atoms with Gasteiger partial charge in [0.15, 0.2) is 5.66 Å². The fourth-order valence-corrected chi connectivity index (χ4v) is 3.01. The fraction of sp³-hybridized carbons (Fsp3) is 0.500. The summed E-state index contributed by atoms with van der Waals surface area (Å²) in [4.78, 5) is 14.6. The molecule has 120 valence electrons. The molecule has 0 atom stereocenters. The molecule has 23 heavy (non-hydrogen) atoms. The summed E-state index contributed by atoms with van der Waals surface area (Å²) in [6.45, 7) is 2.11. The highest BCUT2D eigenvalue weighted by atomic mass is 16.1. The first-order chi connectivity index (χ1) is 11.2. The lowest BCUT2D eigenvalue weighted by atomic mass is 10.0. The van der Waals surface area contributed by atoms with Crippen molar-refractivity contribution in [2.24, 2.45) is 10.2 Å². The van der Waals surface area contributed by atoms with Crippen molar-refractivity contribution in [2.75, 3.05) is 23.3 Å². The van der Waals surface area contributed by atoms with Crippen LogP contribution < -0.4 is 10.2 Å². The first-order valence-corrected chi connectivity index (χ1v) is 8.24. The van der Waals surface area contributed by atoms with Crippen molar-refractivity contribution in [2.45, 2.75) is 44.2 Å². The molecule has 5 nitrogen and oxygen atoms in total. The van der Waals surface area contributed by atoms with Crippen LogP contribution >= 0.6 is 0 Å². The molecule has 1 fully saturated rings. The van der Waals surface area contributed by atoms with Crippen molar-refractivity contribution >= 4 is 17.3 Å². The van der Waals surface area contributed by atoms with E-state index in [2.05, 4.69) is 32.4 Å². The Bertz CT molecular complexity index is 635. The van der Waals surface area contributed by atoms with E-state index in [1.807, 2.05) is 18.2 Å². The minimum absolute atomic E-state index is 0.00836. The number of hydrogen-bond donors (Lipinski definition) is 1. The van der Waals surface area contributed by atoms with Crippen molar-refractivity contribution < 1.29 is 4.79 Å². The van der Waals surface area contributed by atoms with Gasteiger partial charge in [-0.1, -0.05) is 12.1 Å². The molecular formula is C18H22N4O. The second kappa shape index (κ2) is 6.82. The highest BCUT2D eigenvalue weighted by Crippen LogP contribution is 2.37. The lowest BCUT2D eigenvalue weighted by Gasteiger charge is -2.21. The summed E-state index contributed by atoms with van der Waals surface area (Å²) >= 11 is 0. The minimum atomic E-state index is -0.391. The molecule has 0 spiro atoms. The van der Waals surface area contributed by atoms with E-state index in [1.165, 1.54) is 12.8 Å². The number of nitrogens with one attached hydrogen (secondary N) is 1. The Hall–Kier alpha value is -2.35. The summed E-state index contributed by atoms with van der Waals surface area (Å²) in [5, 5.41) is 11.2. The van der Waals surface area contributed by atoms with Gasteiger partial charge in [-0.2, -0.15) is 10.2 Å². The molecule has 0 bridgehead atoms. The third-order valence-electron chi connectivity index (χ3n) is 4.43. The van der Waals surface area contributed by atoms with E-state index >= 15 is 0 Å². The smallest absolute Gasteiger partial charge is 0.224 e. The maximum Gasteiger partial charge on any atom is 0.224 e. The van der Waals surface area contributed by atoms with E-state index in [4.69, 9.17) is 6.42 Å². The van der Waals surface area contributed by atoms with Gasteiger partial charge in [-0.3, -0.25) is 4.79 Å². The summed E-state index contributed by atoms with van der Waals surface area (Å²) in [6, 6.07) is 8.00. The number of amides is 1. The summed E-state index contributed by atoms with van der Waals surface area (Å²) in [7, 11) is 0. The van der Waals surface area contributed by atoms with E-state index in [1.54, 1.807) is 0 Å². The van der Waals surface area contributed by atoms with Gasteiger partial charge in [-0.05, 0) is 25.0 Å². The van der Waals surface area contributed by atoms with Gasteiger partial charge in [0, 0.05) is 38.8 Å². The lowest BCUT2D eigenvalue weighted by Crippen LogP contribution is -2.22. The Morgan fingerprint density at radius 1 is 1.26 bits per heavy atom. The Labute approximate surface area is 137 Å². The number of carbonyl (C=O) groups is 1. The highest BCUT2D eigenvalue weighted by Gasteiger charge is 2.39. The van der Waals surface area contributed by atoms with Crippen molar-refractivity contribution in [3.05, 3.63) is 24.3 Å². The van der Waals surface area contributed by atoms with Gasteiger partial charge >= 0.3 is 0 Å². The van der Waals surface area contributed by atoms with Crippen LogP contribution in [-0.4, -0.2) is 24.7 Å². The SMILES string of the molecule is C#CCCC1(CCC(=O)Nc2ccccc2N2CCCC2)N=N1. The average molecular weight is 310 g/mol. The van der Waals surface area contributed by atoms with Crippen LogP contribution in [0.5, 0.6) is 0 Å². The molecule has 2 heterocycles. The Morgan fingerprint density at radius 2 is 2.00 bits per heavy atom. The molecule has 0 aliphatic carbocycles. The normalized spacial score (nSPS) is 17.8. The highest BCUT2D eigenvalue weighted by molar-refractivity contribution is 5.94. The molecule has 1 aromatic carbocycles. The molecule has 0 saturated carbocycles. The van der Waals surface area contributed by atoms with E-state index < -0.39 is 5.66 Å². The number of terminal acetylenes is 1. The zero-order valence-electron chi connectivity index (χ0n) is 13.3. The summed E-state index contributed by atoms with van der Waals surface area (Å²) in [6.07, 6.45) is 10.1. The van der Waals surface area contributed by atoms with E-state index in [9.17, 15) is 4.79 Å². The molecular weight excluding hydrogens is 288 g/mol. The molecule has 1 N–H and O–H groups in total. The molecule has 0 radical (unpaired) electrons. The second-order valence-corrected chi connectivity index (χ2v) is 6.15. The van der Waals surface area contributed by atoms with Crippen LogP contribution in [0.1, 0.15) is 38.5 Å². The van der Waals surface area contributed by atoms with Gasteiger partial charge in [0.05, 0.1) is 11.4 Å². The minimum Gasteiger partial charge on any atom is -0.370 e. The second-order valence-electron chi connectivity index (χ2n) is 6.15. The predicted octanol–water partition coefficient (Wildman–Crippen LogP) is 3.58. The summed E-state index contributed by atoms with van der Waals surface area (Å²) in [5.74, 6) is 2.61. The first-order valence-electron chi connectivity index (χ1n) is 8.24. The number of para-hydroxylation sites is 2. The molecule has 2 aliphatic heterocycles. The molecule has 0 aromatic heterocycles. The van der Waals surface area contributed by atoms with Crippen LogP contribution in [0.4, 0.5) is 11.4 Å². The first kappa shape index (κ1) is 15.5. The molecule has 2 aliphatic rings. The third-order valence-corrected chi connectivity index (χ3v) is 4.43. The summed E-state index contributed by atoms with van der Waals surface area (Å²) < 4.78 is 0. The van der Waals surface area contributed by atoms with E-state index in [0.717, 1.165) is 30.9 Å². The Morgan fingerprint density at radius 3 is 2.70 bits per heavy atom. The zero-order chi connectivity index (χ0) is 16.1. The van der Waals surface area contributed by atoms with Gasteiger partial charge in [-0.15, -0.1) is 12.3 Å². The van der Waals surface area contributed by atoms with E-state index in [0.29, 0.717) is 19.3 Å². The maximum absolute atomic E-state index is 12.3. The number of nitrogens with zero attached hydrogens (tertiary/aromatic N) is 3. The lowest BCUT2D eigenvalue weighted by molar-refractivity contribution is -0.116. The monoisotopic (exact) mass is 310 g/mol.